The Morgan fingerprint density at radius 3 is 2.30 bits per heavy atom. The quantitative estimate of drug-likeness (QED) is 0.875. The molecule has 1 aromatic carbocycles. The second-order valence-electron chi connectivity index (χ2n) is 7.85. The average Bonchev–Trinajstić information content (AvgIpc) is 3.09. The molecule has 6 heteroatoms. The summed E-state index contributed by atoms with van der Waals surface area (Å²) in [7, 11) is 5.37. The van der Waals surface area contributed by atoms with E-state index in [4.69, 9.17) is 9.47 Å². The molecule has 1 saturated heterocycles. The zero-order chi connectivity index (χ0) is 19.0. The monoisotopic (exact) mass is 371 g/mol. The topological polar surface area (TPSA) is 59.8 Å². The lowest BCUT2D eigenvalue weighted by Crippen LogP contribution is -2.58. The summed E-state index contributed by atoms with van der Waals surface area (Å²) in [4.78, 5) is 6.95. The van der Waals surface area contributed by atoms with Crippen LogP contribution in [0, 0.1) is 11.8 Å². The first-order valence-electron chi connectivity index (χ1n) is 9.70. The van der Waals surface area contributed by atoms with Crippen LogP contribution >= 0.6 is 0 Å². The molecule has 1 aromatic heterocycles. The maximum atomic E-state index is 11.7. The lowest BCUT2D eigenvalue weighted by Gasteiger charge is -2.52. The fourth-order valence-corrected chi connectivity index (χ4v) is 5.10. The second-order valence-corrected chi connectivity index (χ2v) is 7.85. The standard InChI is InChI=1S/C21H29N3O3/c1-23-11-10-22-20(23)21(25)15-6-4-7-16(21)13-24(12-15)14-17-18(26-2)8-5-9-19(17)27-3/h5,8-11,15-16,25H,4,6-7,12-14H2,1-3H3/t15-,16-/m0/s1. The molecule has 2 atom stereocenters. The van der Waals surface area contributed by atoms with Crippen molar-refractivity contribution in [2.45, 2.75) is 31.4 Å². The molecule has 1 aliphatic carbocycles. The van der Waals surface area contributed by atoms with E-state index in [0.29, 0.717) is 0 Å². The van der Waals surface area contributed by atoms with E-state index in [-0.39, 0.29) is 11.8 Å². The number of hydrogen-bond donors (Lipinski definition) is 1. The van der Waals surface area contributed by atoms with Gasteiger partial charge in [-0.25, -0.2) is 4.98 Å². The number of piperidine rings is 1. The Bertz CT molecular complexity index is 767. The smallest absolute Gasteiger partial charge is 0.141 e. The number of imidazole rings is 1. The van der Waals surface area contributed by atoms with Gasteiger partial charge in [0, 0.05) is 50.9 Å². The largest absolute Gasteiger partial charge is 0.496 e. The number of likely N-dealkylation sites (tertiary alicyclic amines) is 1. The lowest BCUT2D eigenvalue weighted by molar-refractivity contribution is -0.155. The minimum Gasteiger partial charge on any atom is -0.496 e. The van der Waals surface area contributed by atoms with Gasteiger partial charge in [0.25, 0.3) is 0 Å². The molecular formula is C21H29N3O3. The fourth-order valence-electron chi connectivity index (χ4n) is 5.10. The first-order chi connectivity index (χ1) is 13.1. The molecule has 2 bridgehead atoms. The van der Waals surface area contributed by atoms with Crippen LogP contribution in [0.5, 0.6) is 11.5 Å². The highest BCUT2D eigenvalue weighted by Crippen LogP contribution is 2.49. The summed E-state index contributed by atoms with van der Waals surface area (Å²) in [5.74, 6) is 2.89. The lowest BCUT2D eigenvalue weighted by atomic mass is 9.65. The van der Waals surface area contributed by atoms with E-state index in [2.05, 4.69) is 9.88 Å². The Labute approximate surface area is 160 Å². The van der Waals surface area contributed by atoms with E-state index >= 15 is 0 Å². The first kappa shape index (κ1) is 18.3. The maximum Gasteiger partial charge on any atom is 0.141 e. The van der Waals surface area contributed by atoms with Crippen molar-refractivity contribution in [1.29, 1.82) is 0 Å². The molecule has 146 valence electrons. The van der Waals surface area contributed by atoms with Crippen molar-refractivity contribution in [1.82, 2.24) is 14.5 Å². The Kier molecular flexibility index (Phi) is 4.86. The number of aliphatic hydroxyl groups is 1. The van der Waals surface area contributed by atoms with Crippen molar-refractivity contribution < 1.29 is 14.6 Å². The number of nitrogens with zero attached hydrogens (tertiary/aromatic N) is 3. The van der Waals surface area contributed by atoms with Crippen molar-refractivity contribution in [2.24, 2.45) is 18.9 Å². The molecule has 4 rings (SSSR count). The van der Waals surface area contributed by atoms with Crippen LogP contribution in [0.1, 0.15) is 30.7 Å². The molecule has 0 amide bonds. The summed E-state index contributed by atoms with van der Waals surface area (Å²) in [6, 6.07) is 5.91. The van der Waals surface area contributed by atoms with Gasteiger partial charge in [-0.3, -0.25) is 4.90 Å². The number of aromatic nitrogens is 2. The molecule has 6 nitrogen and oxygen atoms in total. The van der Waals surface area contributed by atoms with Gasteiger partial charge in [0.15, 0.2) is 0 Å². The van der Waals surface area contributed by atoms with Crippen molar-refractivity contribution in [3.05, 3.63) is 42.0 Å². The summed E-state index contributed by atoms with van der Waals surface area (Å²) in [6.07, 6.45) is 6.94. The van der Waals surface area contributed by atoms with E-state index in [1.807, 2.05) is 36.0 Å². The van der Waals surface area contributed by atoms with Crippen LogP contribution in [0.25, 0.3) is 0 Å². The minimum atomic E-state index is -0.835. The summed E-state index contributed by atoms with van der Waals surface area (Å²) >= 11 is 0. The third-order valence-electron chi connectivity index (χ3n) is 6.40. The summed E-state index contributed by atoms with van der Waals surface area (Å²) in [5.41, 5.74) is 0.237. The first-order valence-corrected chi connectivity index (χ1v) is 9.70. The molecule has 2 aliphatic rings. The van der Waals surface area contributed by atoms with Crippen LogP contribution in [0.3, 0.4) is 0 Å². The third-order valence-corrected chi connectivity index (χ3v) is 6.40. The van der Waals surface area contributed by atoms with Gasteiger partial charge in [0.1, 0.15) is 22.9 Å². The van der Waals surface area contributed by atoms with Crippen molar-refractivity contribution in [2.75, 3.05) is 27.3 Å². The van der Waals surface area contributed by atoms with Gasteiger partial charge in [-0.1, -0.05) is 12.5 Å². The molecule has 2 heterocycles. The van der Waals surface area contributed by atoms with Gasteiger partial charge < -0.3 is 19.1 Å². The normalized spacial score (nSPS) is 28.1. The highest BCUT2D eigenvalue weighted by atomic mass is 16.5. The van der Waals surface area contributed by atoms with Gasteiger partial charge in [0.05, 0.1) is 19.8 Å². The Morgan fingerprint density at radius 1 is 1.15 bits per heavy atom. The van der Waals surface area contributed by atoms with Crippen LogP contribution in [0.4, 0.5) is 0 Å². The summed E-state index contributed by atoms with van der Waals surface area (Å²) in [5, 5.41) is 11.7. The molecular weight excluding hydrogens is 342 g/mol. The zero-order valence-corrected chi connectivity index (χ0v) is 16.4. The molecule has 27 heavy (non-hydrogen) atoms. The molecule has 1 aliphatic heterocycles. The highest BCUT2D eigenvalue weighted by Gasteiger charge is 2.53. The van der Waals surface area contributed by atoms with Gasteiger partial charge in [-0.05, 0) is 25.0 Å². The van der Waals surface area contributed by atoms with Crippen molar-refractivity contribution >= 4 is 0 Å². The van der Waals surface area contributed by atoms with Crippen molar-refractivity contribution in [3.8, 4) is 11.5 Å². The maximum absolute atomic E-state index is 11.7. The summed E-state index contributed by atoms with van der Waals surface area (Å²) in [6.45, 7) is 2.46. The van der Waals surface area contributed by atoms with Gasteiger partial charge in [-0.2, -0.15) is 0 Å². The third kappa shape index (κ3) is 3.01. The molecule has 0 spiro atoms. The van der Waals surface area contributed by atoms with Crippen molar-refractivity contribution in [3.63, 3.8) is 0 Å². The van der Waals surface area contributed by atoms with E-state index in [1.54, 1.807) is 20.4 Å². The van der Waals surface area contributed by atoms with Gasteiger partial charge in [-0.15, -0.1) is 0 Å². The molecule has 2 aromatic rings. The van der Waals surface area contributed by atoms with Crippen LogP contribution in [0.15, 0.2) is 30.6 Å². The van der Waals surface area contributed by atoms with E-state index in [1.165, 1.54) is 6.42 Å². The SMILES string of the molecule is COc1cccc(OC)c1CN1C[C@@H]2CCC[C@@H](C1)C2(O)c1nccn1C. The number of ether oxygens (including phenoxy) is 2. The van der Waals surface area contributed by atoms with Gasteiger partial charge >= 0.3 is 0 Å². The van der Waals surface area contributed by atoms with Crippen LogP contribution in [-0.2, 0) is 19.2 Å². The highest BCUT2D eigenvalue weighted by molar-refractivity contribution is 5.44. The number of methoxy groups -OCH3 is 2. The van der Waals surface area contributed by atoms with E-state index < -0.39 is 5.60 Å². The molecule has 1 saturated carbocycles. The fraction of sp³-hybridized carbons (Fsp3) is 0.571. The van der Waals surface area contributed by atoms with Crippen LogP contribution < -0.4 is 9.47 Å². The summed E-state index contributed by atoms with van der Waals surface area (Å²) < 4.78 is 13.1. The Balaban J connectivity index is 1.61. The zero-order valence-electron chi connectivity index (χ0n) is 16.4. The van der Waals surface area contributed by atoms with E-state index in [0.717, 1.165) is 55.4 Å². The number of benzene rings is 1. The average molecular weight is 371 g/mol. The van der Waals surface area contributed by atoms with Crippen LogP contribution in [0.2, 0.25) is 0 Å². The number of aryl methyl sites for hydroxylation is 1. The predicted molar refractivity (Wildman–Crippen MR) is 103 cm³/mol. The molecule has 1 N–H and O–H groups in total. The molecule has 0 unspecified atom stereocenters. The number of rotatable bonds is 5. The Morgan fingerprint density at radius 2 is 1.78 bits per heavy atom. The van der Waals surface area contributed by atoms with E-state index in [9.17, 15) is 5.11 Å². The second kappa shape index (κ2) is 7.17. The van der Waals surface area contributed by atoms with Gasteiger partial charge in [0.2, 0.25) is 0 Å². The minimum absolute atomic E-state index is 0.187. The number of fused-ring (bicyclic) bond motifs is 2. The molecule has 2 fully saturated rings. The number of hydrogen-bond acceptors (Lipinski definition) is 5. The molecule has 0 radical (unpaired) electrons. The van der Waals surface area contributed by atoms with Crippen LogP contribution in [-0.4, -0.2) is 46.9 Å². The predicted octanol–water partition coefficient (Wildman–Crippen LogP) is 2.56. The Hall–Kier alpha value is -2.05.